The predicted molar refractivity (Wildman–Crippen MR) is 67.9 cm³/mol. The van der Waals surface area contributed by atoms with E-state index in [0.717, 1.165) is 12.2 Å². The highest BCUT2D eigenvalue weighted by atomic mass is 15.4. The minimum absolute atomic E-state index is 0.145. The number of hydrogen-bond donors (Lipinski definition) is 1. The molecule has 3 rings (SSSR count). The average Bonchev–Trinajstić information content (AvgIpc) is 3.09. The first kappa shape index (κ1) is 11.3. The van der Waals surface area contributed by atoms with E-state index in [0.29, 0.717) is 11.9 Å². The molecule has 0 bridgehead atoms. The van der Waals surface area contributed by atoms with E-state index in [-0.39, 0.29) is 5.95 Å². The van der Waals surface area contributed by atoms with Crippen LogP contribution >= 0.6 is 0 Å². The summed E-state index contributed by atoms with van der Waals surface area (Å²) in [7, 11) is 0. The SMILES string of the molecule is CCc1nccn1-c1nc(N)nc(-n2cccn2)n1. The predicted octanol–water partition coefficient (Wildman–Crippen LogP) is 0.388. The Balaban J connectivity index is 2.13. The third-order valence-corrected chi connectivity index (χ3v) is 2.59. The van der Waals surface area contributed by atoms with Gasteiger partial charge in [0.15, 0.2) is 0 Å². The van der Waals surface area contributed by atoms with Gasteiger partial charge in [0.05, 0.1) is 0 Å². The van der Waals surface area contributed by atoms with Gasteiger partial charge in [-0.3, -0.25) is 4.57 Å². The van der Waals surface area contributed by atoms with E-state index >= 15 is 0 Å². The molecule has 3 aromatic rings. The van der Waals surface area contributed by atoms with Crippen LogP contribution in [0, 0.1) is 0 Å². The Morgan fingerprint density at radius 3 is 2.68 bits per heavy atom. The standard InChI is InChI=1S/C11H12N8/c1-2-8-13-5-7-18(8)10-15-9(12)16-11(17-10)19-6-3-4-14-19/h3-7H,2H2,1H3,(H2,12,15,16,17). The fraction of sp³-hybridized carbons (Fsp3) is 0.182. The number of imidazole rings is 1. The van der Waals surface area contributed by atoms with Crippen LogP contribution in [0.4, 0.5) is 5.95 Å². The monoisotopic (exact) mass is 256 g/mol. The number of rotatable bonds is 3. The van der Waals surface area contributed by atoms with Crippen molar-refractivity contribution in [3.05, 3.63) is 36.7 Å². The van der Waals surface area contributed by atoms with Crippen molar-refractivity contribution >= 4 is 5.95 Å². The minimum Gasteiger partial charge on any atom is -0.368 e. The lowest BCUT2D eigenvalue weighted by molar-refractivity contribution is 0.764. The van der Waals surface area contributed by atoms with Gasteiger partial charge in [0, 0.05) is 31.2 Å². The molecule has 0 saturated heterocycles. The number of nitrogens with zero attached hydrogens (tertiary/aromatic N) is 7. The molecule has 0 aromatic carbocycles. The Morgan fingerprint density at radius 2 is 1.95 bits per heavy atom. The molecule has 0 amide bonds. The van der Waals surface area contributed by atoms with Gasteiger partial charge in [0.2, 0.25) is 11.9 Å². The van der Waals surface area contributed by atoms with E-state index in [1.165, 1.54) is 4.68 Å². The van der Waals surface area contributed by atoms with Crippen LogP contribution in [0.25, 0.3) is 11.9 Å². The molecule has 8 heteroatoms. The second-order valence-corrected chi connectivity index (χ2v) is 3.81. The van der Waals surface area contributed by atoms with E-state index in [2.05, 4.69) is 25.0 Å². The zero-order valence-electron chi connectivity index (χ0n) is 10.3. The first-order valence-electron chi connectivity index (χ1n) is 5.82. The number of aryl methyl sites for hydroxylation is 1. The van der Waals surface area contributed by atoms with Gasteiger partial charge in [-0.25, -0.2) is 9.67 Å². The second kappa shape index (κ2) is 4.48. The zero-order valence-corrected chi connectivity index (χ0v) is 10.3. The van der Waals surface area contributed by atoms with Crippen LogP contribution in [0.1, 0.15) is 12.7 Å². The van der Waals surface area contributed by atoms with Crippen molar-refractivity contribution in [2.75, 3.05) is 5.73 Å². The molecular formula is C11H12N8. The highest BCUT2D eigenvalue weighted by Crippen LogP contribution is 2.09. The average molecular weight is 256 g/mol. The lowest BCUT2D eigenvalue weighted by atomic mass is 10.4. The van der Waals surface area contributed by atoms with Crippen LogP contribution in [-0.2, 0) is 6.42 Å². The van der Waals surface area contributed by atoms with Crippen LogP contribution < -0.4 is 5.73 Å². The van der Waals surface area contributed by atoms with Gasteiger partial charge in [-0.05, 0) is 6.07 Å². The molecule has 0 aliphatic heterocycles. The number of nitrogens with two attached hydrogens (primary N) is 1. The van der Waals surface area contributed by atoms with Crippen LogP contribution in [0.3, 0.4) is 0 Å². The Bertz CT molecular complexity index is 685. The lowest BCUT2D eigenvalue weighted by Gasteiger charge is -2.07. The van der Waals surface area contributed by atoms with E-state index in [1.807, 2.05) is 6.92 Å². The minimum atomic E-state index is 0.145. The molecule has 2 N–H and O–H groups in total. The fourth-order valence-electron chi connectivity index (χ4n) is 1.74. The fourth-order valence-corrected chi connectivity index (χ4v) is 1.74. The van der Waals surface area contributed by atoms with Gasteiger partial charge in [-0.15, -0.1) is 0 Å². The van der Waals surface area contributed by atoms with E-state index in [9.17, 15) is 0 Å². The summed E-state index contributed by atoms with van der Waals surface area (Å²) < 4.78 is 3.31. The van der Waals surface area contributed by atoms with Crippen LogP contribution in [0.2, 0.25) is 0 Å². The topological polar surface area (TPSA) is 100 Å². The number of nitrogen functional groups attached to an aromatic ring is 1. The Labute approximate surface area is 109 Å². The molecule has 3 heterocycles. The molecule has 0 unspecified atom stereocenters. The molecule has 3 aromatic heterocycles. The summed E-state index contributed by atoms with van der Waals surface area (Å²) >= 11 is 0. The van der Waals surface area contributed by atoms with Crippen molar-refractivity contribution in [3.8, 4) is 11.9 Å². The quantitative estimate of drug-likeness (QED) is 0.727. The molecule has 96 valence electrons. The summed E-state index contributed by atoms with van der Waals surface area (Å²) in [4.78, 5) is 16.8. The molecule has 0 fully saturated rings. The Morgan fingerprint density at radius 1 is 1.11 bits per heavy atom. The molecule has 0 radical (unpaired) electrons. The van der Waals surface area contributed by atoms with Gasteiger partial charge < -0.3 is 5.73 Å². The van der Waals surface area contributed by atoms with E-state index in [4.69, 9.17) is 5.73 Å². The van der Waals surface area contributed by atoms with Crippen LogP contribution in [-0.4, -0.2) is 34.3 Å². The normalized spacial score (nSPS) is 10.8. The van der Waals surface area contributed by atoms with Crippen LogP contribution in [0.5, 0.6) is 0 Å². The van der Waals surface area contributed by atoms with Gasteiger partial charge in [-0.1, -0.05) is 6.92 Å². The summed E-state index contributed by atoms with van der Waals surface area (Å²) in [6.07, 6.45) is 7.66. The number of anilines is 1. The largest absolute Gasteiger partial charge is 0.368 e. The summed E-state index contributed by atoms with van der Waals surface area (Å²) in [5, 5.41) is 4.08. The molecule has 0 aliphatic rings. The first-order chi connectivity index (χ1) is 9.28. The van der Waals surface area contributed by atoms with Crippen LogP contribution in [0.15, 0.2) is 30.9 Å². The second-order valence-electron chi connectivity index (χ2n) is 3.81. The van der Waals surface area contributed by atoms with Crippen molar-refractivity contribution in [2.24, 2.45) is 0 Å². The smallest absolute Gasteiger partial charge is 0.257 e. The third kappa shape index (κ3) is 2.03. The number of hydrogen-bond acceptors (Lipinski definition) is 6. The van der Waals surface area contributed by atoms with E-state index in [1.54, 1.807) is 35.4 Å². The lowest BCUT2D eigenvalue weighted by Crippen LogP contribution is -2.12. The highest BCUT2D eigenvalue weighted by molar-refractivity contribution is 5.29. The summed E-state index contributed by atoms with van der Waals surface area (Å²) in [5.74, 6) is 1.82. The molecule has 8 nitrogen and oxygen atoms in total. The summed E-state index contributed by atoms with van der Waals surface area (Å²) in [6, 6.07) is 1.79. The van der Waals surface area contributed by atoms with Crippen molar-refractivity contribution in [1.82, 2.24) is 34.3 Å². The van der Waals surface area contributed by atoms with Gasteiger partial charge in [0.1, 0.15) is 5.82 Å². The summed E-state index contributed by atoms with van der Waals surface area (Å²) in [5.41, 5.74) is 5.73. The zero-order chi connectivity index (χ0) is 13.2. The van der Waals surface area contributed by atoms with Crippen molar-refractivity contribution in [3.63, 3.8) is 0 Å². The maximum absolute atomic E-state index is 5.73. The highest BCUT2D eigenvalue weighted by Gasteiger charge is 2.10. The molecule has 0 saturated carbocycles. The molecule has 0 atom stereocenters. The first-order valence-corrected chi connectivity index (χ1v) is 5.82. The molecular weight excluding hydrogens is 244 g/mol. The van der Waals surface area contributed by atoms with Gasteiger partial charge in [-0.2, -0.15) is 20.1 Å². The maximum atomic E-state index is 5.73. The molecule has 19 heavy (non-hydrogen) atoms. The van der Waals surface area contributed by atoms with E-state index < -0.39 is 0 Å². The van der Waals surface area contributed by atoms with Gasteiger partial charge in [0.25, 0.3) is 5.95 Å². The van der Waals surface area contributed by atoms with Gasteiger partial charge >= 0.3 is 0 Å². The molecule has 0 aliphatic carbocycles. The maximum Gasteiger partial charge on any atom is 0.257 e. The third-order valence-electron chi connectivity index (χ3n) is 2.59. The summed E-state index contributed by atoms with van der Waals surface area (Å²) in [6.45, 7) is 2.01. The van der Waals surface area contributed by atoms with Crippen molar-refractivity contribution < 1.29 is 0 Å². The van der Waals surface area contributed by atoms with Crippen molar-refractivity contribution in [1.29, 1.82) is 0 Å². The molecule has 0 spiro atoms. The van der Waals surface area contributed by atoms with Crippen molar-refractivity contribution in [2.45, 2.75) is 13.3 Å². The Kier molecular flexibility index (Phi) is 2.67. The number of aromatic nitrogens is 7. The Hall–Kier alpha value is -2.77.